The molecule has 1 atom stereocenters. The van der Waals surface area contributed by atoms with Crippen molar-refractivity contribution >= 4 is 23.1 Å². The zero-order valence-electron chi connectivity index (χ0n) is 28.8. The van der Waals surface area contributed by atoms with Crippen molar-refractivity contribution in [2.24, 2.45) is 10.4 Å². The average Bonchev–Trinajstić information content (AvgIpc) is 3.45. The van der Waals surface area contributed by atoms with Crippen LogP contribution in [-0.4, -0.2) is 23.5 Å². The topological polar surface area (TPSA) is 47.0 Å². The van der Waals surface area contributed by atoms with Gasteiger partial charge in [-0.3, -0.25) is 4.90 Å². The first-order valence-corrected chi connectivity index (χ1v) is 16.1. The monoisotopic (exact) mass is 601 g/mol. The van der Waals surface area contributed by atoms with E-state index < -0.39 is 0 Å². The summed E-state index contributed by atoms with van der Waals surface area (Å²) in [5, 5.41) is 0. The molecular formula is C40H47N3O2. The van der Waals surface area contributed by atoms with E-state index in [9.17, 15) is 0 Å². The third-order valence-corrected chi connectivity index (χ3v) is 9.37. The first-order chi connectivity index (χ1) is 21.0. The number of nitrogens with zero attached hydrogens (tertiary/aromatic N) is 3. The van der Waals surface area contributed by atoms with E-state index in [-0.39, 0.29) is 22.3 Å². The molecule has 234 valence electrons. The Labute approximate surface area is 269 Å². The van der Waals surface area contributed by atoms with E-state index in [1.54, 1.807) is 0 Å². The maximum Gasteiger partial charge on any atom is 0.216 e. The highest BCUT2D eigenvalue weighted by Gasteiger charge is 2.39. The number of aromatic nitrogens is 1. The molecule has 1 aromatic heterocycles. The summed E-state index contributed by atoms with van der Waals surface area (Å²) in [5.74, 6) is 3.23. The molecule has 0 aliphatic carbocycles. The summed E-state index contributed by atoms with van der Waals surface area (Å²) >= 11 is 0. The van der Waals surface area contributed by atoms with Crippen LogP contribution in [0.3, 0.4) is 0 Å². The molecule has 3 heterocycles. The summed E-state index contributed by atoms with van der Waals surface area (Å²) in [5.41, 5.74) is 10.2. The summed E-state index contributed by atoms with van der Waals surface area (Å²) < 4.78 is 12.8. The first-order valence-electron chi connectivity index (χ1n) is 16.1. The molecule has 3 aromatic carbocycles. The molecule has 0 radical (unpaired) electrons. The Balaban J connectivity index is 1.43. The Morgan fingerprint density at radius 2 is 1.62 bits per heavy atom. The number of ether oxygens (including phenoxy) is 2. The summed E-state index contributed by atoms with van der Waals surface area (Å²) in [6.45, 7) is 25.0. The quantitative estimate of drug-likeness (QED) is 0.233. The van der Waals surface area contributed by atoms with E-state index in [4.69, 9.17) is 19.5 Å². The molecule has 2 aliphatic rings. The van der Waals surface area contributed by atoms with Crippen molar-refractivity contribution in [1.29, 1.82) is 0 Å². The van der Waals surface area contributed by atoms with Crippen LogP contribution in [0.25, 0.3) is 0 Å². The fourth-order valence-corrected chi connectivity index (χ4v) is 6.46. The summed E-state index contributed by atoms with van der Waals surface area (Å²) in [6.07, 6.45) is 1.89. The van der Waals surface area contributed by atoms with Crippen molar-refractivity contribution in [3.8, 4) is 11.5 Å². The summed E-state index contributed by atoms with van der Waals surface area (Å²) in [6, 6.07) is 22.0. The van der Waals surface area contributed by atoms with Crippen LogP contribution < -0.4 is 9.64 Å². The molecular weight excluding hydrogens is 554 g/mol. The van der Waals surface area contributed by atoms with Crippen LogP contribution >= 0.6 is 0 Å². The van der Waals surface area contributed by atoms with E-state index in [0.29, 0.717) is 12.5 Å². The van der Waals surface area contributed by atoms with E-state index >= 15 is 0 Å². The Bertz CT molecular complexity index is 1820. The standard InChI is InChI=1S/C40H47N3O2/c1-24-17-28(43-33-15-14-27(38(4,5)6)20-32(33)40(10,11)31-13-12-16-41-36(31)43)21-29(18-24)45-34-22-30(25(2)19-26(34)3)37-42-35(23-44-37)39(7,8)9/h12-22,35H,23H2,1-11H3/t35-/m0/s1. The Kier molecular flexibility index (Phi) is 7.38. The third-order valence-electron chi connectivity index (χ3n) is 9.37. The van der Waals surface area contributed by atoms with Crippen LogP contribution in [0.15, 0.2) is 71.9 Å². The van der Waals surface area contributed by atoms with Gasteiger partial charge in [-0.15, -0.1) is 0 Å². The van der Waals surface area contributed by atoms with Gasteiger partial charge in [-0.1, -0.05) is 79.7 Å². The summed E-state index contributed by atoms with van der Waals surface area (Å²) in [7, 11) is 0. The predicted molar refractivity (Wildman–Crippen MR) is 186 cm³/mol. The molecule has 0 fully saturated rings. The highest BCUT2D eigenvalue weighted by atomic mass is 16.5. The van der Waals surface area contributed by atoms with Crippen molar-refractivity contribution < 1.29 is 9.47 Å². The minimum absolute atomic E-state index is 0.0434. The van der Waals surface area contributed by atoms with Crippen LogP contribution in [0.5, 0.6) is 11.5 Å². The van der Waals surface area contributed by atoms with Crippen LogP contribution in [0.1, 0.15) is 94.3 Å². The molecule has 0 amide bonds. The maximum absolute atomic E-state index is 6.69. The minimum Gasteiger partial charge on any atom is -0.475 e. The number of fused-ring (bicyclic) bond motifs is 2. The van der Waals surface area contributed by atoms with Crippen molar-refractivity contribution in [3.63, 3.8) is 0 Å². The van der Waals surface area contributed by atoms with Gasteiger partial charge in [-0.05, 0) is 89.8 Å². The van der Waals surface area contributed by atoms with Crippen LogP contribution in [0, 0.1) is 26.2 Å². The Morgan fingerprint density at radius 3 is 2.31 bits per heavy atom. The van der Waals surface area contributed by atoms with Gasteiger partial charge in [0.2, 0.25) is 5.90 Å². The van der Waals surface area contributed by atoms with E-state index in [0.717, 1.165) is 50.9 Å². The van der Waals surface area contributed by atoms with Gasteiger partial charge >= 0.3 is 0 Å². The molecule has 6 rings (SSSR count). The van der Waals surface area contributed by atoms with Crippen LogP contribution in [0.2, 0.25) is 0 Å². The van der Waals surface area contributed by atoms with Crippen molar-refractivity contribution in [1.82, 2.24) is 4.98 Å². The SMILES string of the molecule is Cc1cc(Oc2cc(C3=N[C@H](C(C)(C)C)CO3)c(C)cc2C)cc(N2c3ccc(C(C)(C)C)cc3C(C)(C)c3cccnc32)c1. The lowest BCUT2D eigenvalue weighted by Gasteiger charge is -2.41. The number of aryl methyl sites for hydroxylation is 3. The number of aliphatic imine (C=N–C) groups is 1. The molecule has 0 bridgehead atoms. The predicted octanol–water partition coefficient (Wildman–Crippen LogP) is 10.4. The third kappa shape index (κ3) is 5.62. The van der Waals surface area contributed by atoms with Gasteiger partial charge in [0.1, 0.15) is 23.9 Å². The minimum atomic E-state index is -0.202. The van der Waals surface area contributed by atoms with E-state index in [1.165, 1.54) is 16.7 Å². The smallest absolute Gasteiger partial charge is 0.216 e. The number of benzene rings is 3. The molecule has 5 heteroatoms. The van der Waals surface area contributed by atoms with Gasteiger partial charge in [0.05, 0.1) is 17.4 Å². The molecule has 4 aromatic rings. The Hall–Kier alpha value is -4.12. The fraction of sp³-hybridized carbons (Fsp3) is 0.400. The second-order valence-corrected chi connectivity index (χ2v) is 15.5. The number of hydrogen-bond acceptors (Lipinski definition) is 5. The van der Waals surface area contributed by atoms with Crippen LogP contribution in [-0.2, 0) is 15.6 Å². The zero-order chi connectivity index (χ0) is 32.5. The van der Waals surface area contributed by atoms with Gasteiger partial charge in [-0.2, -0.15) is 0 Å². The van der Waals surface area contributed by atoms with Gasteiger partial charge in [0.25, 0.3) is 0 Å². The molecule has 5 nitrogen and oxygen atoms in total. The first kappa shape index (κ1) is 30.9. The van der Waals surface area contributed by atoms with Gasteiger partial charge < -0.3 is 9.47 Å². The number of hydrogen-bond donors (Lipinski definition) is 0. The molecule has 0 unspecified atom stereocenters. The normalized spacial score (nSPS) is 17.4. The molecule has 45 heavy (non-hydrogen) atoms. The van der Waals surface area contributed by atoms with Crippen molar-refractivity contribution in [3.05, 3.63) is 106 Å². The van der Waals surface area contributed by atoms with Crippen molar-refractivity contribution in [2.45, 2.75) is 93.0 Å². The van der Waals surface area contributed by atoms with Gasteiger partial charge in [0, 0.05) is 28.8 Å². The van der Waals surface area contributed by atoms with E-state index in [1.807, 2.05) is 12.3 Å². The van der Waals surface area contributed by atoms with Crippen molar-refractivity contribution in [2.75, 3.05) is 11.5 Å². The zero-order valence-corrected chi connectivity index (χ0v) is 28.8. The lowest BCUT2D eigenvalue weighted by molar-refractivity contribution is 0.236. The largest absolute Gasteiger partial charge is 0.475 e. The molecule has 2 aliphatic heterocycles. The lowest BCUT2D eigenvalue weighted by atomic mass is 9.72. The highest BCUT2D eigenvalue weighted by molar-refractivity contribution is 5.97. The second kappa shape index (κ2) is 10.8. The van der Waals surface area contributed by atoms with Gasteiger partial charge in [0.15, 0.2) is 0 Å². The molecule has 0 saturated carbocycles. The second-order valence-electron chi connectivity index (χ2n) is 15.5. The molecule has 0 N–H and O–H groups in total. The number of pyridine rings is 1. The van der Waals surface area contributed by atoms with E-state index in [2.05, 4.69) is 136 Å². The molecule has 0 saturated heterocycles. The maximum atomic E-state index is 6.69. The number of anilines is 3. The fourth-order valence-electron chi connectivity index (χ4n) is 6.46. The average molecular weight is 602 g/mol. The highest BCUT2D eigenvalue weighted by Crippen LogP contribution is 2.52. The van der Waals surface area contributed by atoms with Crippen LogP contribution in [0.4, 0.5) is 17.2 Å². The number of rotatable bonds is 4. The summed E-state index contributed by atoms with van der Waals surface area (Å²) in [4.78, 5) is 12.2. The van der Waals surface area contributed by atoms with Gasteiger partial charge in [-0.25, -0.2) is 9.98 Å². The Morgan fingerprint density at radius 1 is 0.867 bits per heavy atom. The lowest BCUT2D eigenvalue weighted by Crippen LogP contribution is -2.32. The molecule has 0 spiro atoms.